The van der Waals surface area contributed by atoms with Gasteiger partial charge in [-0.1, -0.05) is 62.9 Å². The molecule has 1 N–H and O–H groups in total. The van der Waals surface area contributed by atoms with Crippen molar-refractivity contribution in [2.45, 2.75) is 64.8 Å². The summed E-state index contributed by atoms with van der Waals surface area (Å²) in [6.45, 7) is 5.73. The molecule has 0 aliphatic rings. The van der Waals surface area contributed by atoms with Crippen LogP contribution in [-0.2, 0) is 6.42 Å². The lowest BCUT2D eigenvalue weighted by Gasteiger charge is -2.13. The zero-order valence-electron chi connectivity index (χ0n) is 12.1. The van der Waals surface area contributed by atoms with E-state index in [2.05, 4.69) is 49.5 Å². The van der Waals surface area contributed by atoms with Crippen molar-refractivity contribution < 1.29 is 0 Å². The number of rotatable bonds is 10. The fourth-order valence-electron chi connectivity index (χ4n) is 2.27. The first-order chi connectivity index (χ1) is 8.83. The lowest BCUT2D eigenvalue weighted by molar-refractivity contribution is 0.478. The normalized spacial score (nSPS) is 12.6. The van der Waals surface area contributed by atoms with E-state index in [-0.39, 0.29) is 0 Å². The molecule has 0 radical (unpaired) electrons. The van der Waals surface area contributed by atoms with E-state index in [1.807, 2.05) is 0 Å². The summed E-state index contributed by atoms with van der Waals surface area (Å²) in [5.74, 6) is 0. The molecule has 0 spiro atoms. The van der Waals surface area contributed by atoms with E-state index in [4.69, 9.17) is 0 Å². The van der Waals surface area contributed by atoms with Crippen LogP contribution in [0.3, 0.4) is 0 Å². The van der Waals surface area contributed by atoms with Gasteiger partial charge in [0, 0.05) is 6.04 Å². The van der Waals surface area contributed by atoms with Gasteiger partial charge in [0.15, 0.2) is 0 Å². The van der Waals surface area contributed by atoms with Crippen LogP contribution in [0.4, 0.5) is 0 Å². The number of hydrogen-bond donors (Lipinski definition) is 1. The first-order valence-corrected chi connectivity index (χ1v) is 7.60. The Hall–Kier alpha value is -0.820. The van der Waals surface area contributed by atoms with Crippen molar-refractivity contribution in [1.29, 1.82) is 0 Å². The zero-order valence-corrected chi connectivity index (χ0v) is 12.1. The summed E-state index contributed by atoms with van der Waals surface area (Å²) in [5, 5.41) is 3.63. The molecular weight excluding hydrogens is 218 g/mol. The van der Waals surface area contributed by atoms with Crippen LogP contribution in [0.15, 0.2) is 30.3 Å². The molecule has 1 rings (SSSR count). The van der Waals surface area contributed by atoms with Crippen LogP contribution in [-0.4, -0.2) is 12.6 Å². The Morgan fingerprint density at radius 2 is 1.78 bits per heavy atom. The van der Waals surface area contributed by atoms with Gasteiger partial charge in [0.1, 0.15) is 0 Å². The van der Waals surface area contributed by atoms with Crippen molar-refractivity contribution in [2.24, 2.45) is 0 Å². The summed E-state index contributed by atoms with van der Waals surface area (Å²) < 4.78 is 0. The summed E-state index contributed by atoms with van der Waals surface area (Å²) in [7, 11) is 0. The van der Waals surface area contributed by atoms with Crippen LogP contribution in [0.5, 0.6) is 0 Å². The molecule has 0 fully saturated rings. The fourth-order valence-corrected chi connectivity index (χ4v) is 2.27. The molecule has 0 bridgehead atoms. The van der Waals surface area contributed by atoms with Crippen LogP contribution in [0, 0.1) is 0 Å². The first-order valence-electron chi connectivity index (χ1n) is 7.60. The third-order valence-electron chi connectivity index (χ3n) is 3.47. The molecular formula is C17H29N. The van der Waals surface area contributed by atoms with Crippen LogP contribution in [0.2, 0.25) is 0 Å². The van der Waals surface area contributed by atoms with Gasteiger partial charge < -0.3 is 5.32 Å². The van der Waals surface area contributed by atoms with Gasteiger partial charge in [0.05, 0.1) is 0 Å². The average molecular weight is 247 g/mol. The highest BCUT2D eigenvalue weighted by molar-refractivity contribution is 5.14. The van der Waals surface area contributed by atoms with Crippen LogP contribution in [0.25, 0.3) is 0 Å². The van der Waals surface area contributed by atoms with E-state index in [0.717, 1.165) is 6.54 Å². The van der Waals surface area contributed by atoms with Gasteiger partial charge in [-0.05, 0) is 38.3 Å². The summed E-state index contributed by atoms with van der Waals surface area (Å²) in [6.07, 6.45) is 9.25. The predicted molar refractivity (Wildman–Crippen MR) is 81.0 cm³/mol. The molecule has 0 aliphatic carbocycles. The molecule has 102 valence electrons. The molecule has 1 aromatic carbocycles. The summed E-state index contributed by atoms with van der Waals surface area (Å²) in [5.41, 5.74) is 1.45. The van der Waals surface area contributed by atoms with Gasteiger partial charge in [-0.25, -0.2) is 0 Å². The monoisotopic (exact) mass is 247 g/mol. The van der Waals surface area contributed by atoms with Crippen molar-refractivity contribution in [2.75, 3.05) is 6.54 Å². The van der Waals surface area contributed by atoms with E-state index < -0.39 is 0 Å². The lowest BCUT2D eigenvalue weighted by Crippen LogP contribution is -2.27. The number of aryl methyl sites for hydroxylation is 1. The van der Waals surface area contributed by atoms with Crippen LogP contribution < -0.4 is 5.32 Å². The van der Waals surface area contributed by atoms with E-state index in [0.29, 0.717) is 6.04 Å². The number of unbranched alkanes of at least 4 members (excludes halogenated alkanes) is 3. The third kappa shape index (κ3) is 7.50. The molecule has 1 heteroatoms. The molecule has 0 aliphatic heterocycles. The summed E-state index contributed by atoms with van der Waals surface area (Å²) in [6, 6.07) is 11.4. The van der Waals surface area contributed by atoms with Crippen molar-refractivity contribution in [3.05, 3.63) is 35.9 Å². The summed E-state index contributed by atoms with van der Waals surface area (Å²) >= 11 is 0. The number of hydrogen-bond acceptors (Lipinski definition) is 1. The van der Waals surface area contributed by atoms with E-state index in [1.54, 1.807) is 0 Å². The second-order valence-corrected chi connectivity index (χ2v) is 5.29. The Kier molecular flexibility index (Phi) is 8.58. The van der Waals surface area contributed by atoms with Gasteiger partial charge >= 0.3 is 0 Å². The highest BCUT2D eigenvalue weighted by Crippen LogP contribution is 2.06. The molecule has 1 nitrogen and oxygen atoms in total. The molecule has 18 heavy (non-hydrogen) atoms. The van der Waals surface area contributed by atoms with E-state index >= 15 is 0 Å². The molecule has 0 aromatic heterocycles. The largest absolute Gasteiger partial charge is 0.314 e. The Morgan fingerprint density at radius 1 is 1.00 bits per heavy atom. The number of benzene rings is 1. The van der Waals surface area contributed by atoms with E-state index in [9.17, 15) is 0 Å². The Balaban J connectivity index is 1.97. The van der Waals surface area contributed by atoms with Crippen LogP contribution in [0.1, 0.15) is 57.9 Å². The second-order valence-electron chi connectivity index (χ2n) is 5.29. The topological polar surface area (TPSA) is 12.0 Å². The molecule has 0 heterocycles. The zero-order chi connectivity index (χ0) is 13.1. The minimum atomic E-state index is 0.678. The fraction of sp³-hybridized carbons (Fsp3) is 0.647. The molecule has 1 unspecified atom stereocenters. The van der Waals surface area contributed by atoms with Gasteiger partial charge in [0.2, 0.25) is 0 Å². The highest BCUT2D eigenvalue weighted by atomic mass is 14.9. The van der Waals surface area contributed by atoms with Crippen molar-refractivity contribution in [3.8, 4) is 0 Å². The molecule has 0 saturated heterocycles. The smallest absolute Gasteiger partial charge is 0.00387 e. The maximum absolute atomic E-state index is 3.63. The van der Waals surface area contributed by atoms with Crippen molar-refractivity contribution >= 4 is 0 Å². The average Bonchev–Trinajstić information content (AvgIpc) is 2.41. The number of nitrogens with one attached hydrogen (secondary N) is 1. The van der Waals surface area contributed by atoms with Crippen molar-refractivity contribution in [3.63, 3.8) is 0 Å². The quantitative estimate of drug-likeness (QED) is 0.597. The van der Waals surface area contributed by atoms with E-state index in [1.165, 1.54) is 50.5 Å². The molecule has 1 atom stereocenters. The third-order valence-corrected chi connectivity index (χ3v) is 3.47. The maximum atomic E-state index is 3.63. The Labute approximate surface area is 113 Å². The van der Waals surface area contributed by atoms with Gasteiger partial charge in [-0.3, -0.25) is 0 Å². The molecule has 0 saturated carbocycles. The van der Waals surface area contributed by atoms with Gasteiger partial charge in [0.25, 0.3) is 0 Å². The highest BCUT2D eigenvalue weighted by Gasteiger charge is 2.00. The lowest BCUT2D eigenvalue weighted by atomic mass is 10.1. The van der Waals surface area contributed by atoms with Crippen LogP contribution >= 0.6 is 0 Å². The Bertz CT molecular complexity index is 281. The minimum absolute atomic E-state index is 0.678. The standard InChI is InChI=1S/C17H29N/c1-3-4-5-7-11-16(2)18-15-10-14-17-12-8-6-9-13-17/h6,8-9,12-13,16,18H,3-5,7,10-11,14-15H2,1-2H3. The predicted octanol–water partition coefficient (Wildman–Crippen LogP) is 4.57. The first kappa shape index (κ1) is 15.2. The SMILES string of the molecule is CCCCCCC(C)NCCCc1ccccc1. The molecule has 0 amide bonds. The minimum Gasteiger partial charge on any atom is -0.314 e. The second kappa shape index (κ2) is 10.1. The Morgan fingerprint density at radius 3 is 2.50 bits per heavy atom. The molecule has 1 aromatic rings. The van der Waals surface area contributed by atoms with Gasteiger partial charge in [-0.15, -0.1) is 0 Å². The van der Waals surface area contributed by atoms with Crippen molar-refractivity contribution in [1.82, 2.24) is 5.32 Å². The maximum Gasteiger partial charge on any atom is 0.00387 e. The van der Waals surface area contributed by atoms with Gasteiger partial charge in [-0.2, -0.15) is 0 Å². The summed E-state index contributed by atoms with van der Waals surface area (Å²) in [4.78, 5) is 0.